The second kappa shape index (κ2) is 4.51. The summed E-state index contributed by atoms with van der Waals surface area (Å²) in [5.74, 6) is -0.336. The van der Waals surface area contributed by atoms with Crippen LogP contribution >= 0.6 is 0 Å². The normalized spacial score (nSPS) is 16.9. The van der Waals surface area contributed by atoms with Gasteiger partial charge < -0.3 is 14.8 Å². The van der Waals surface area contributed by atoms with Crippen LogP contribution in [-0.2, 0) is 13.6 Å². The summed E-state index contributed by atoms with van der Waals surface area (Å²) >= 11 is 0. The summed E-state index contributed by atoms with van der Waals surface area (Å²) in [4.78, 5) is 11.4. The summed E-state index contributed by atoms with van der Waals surface area (Å²) < 4.78 is 6.66. The Balaban J connectivity index is 1.70. The molecule has 0 aliphatic heterocycles. The van der Waals surface area contributed by atoms with Crippen molar-refractivity contribution >= 4 is 11.1 Å². The van der Waals surface area contributed by atoms with Crippen LogP contribution in [0.4, 0.5) is 0 Å². The third-order valence-corrected chi connectivity index (χ3v) is 3.98. The van der Waals surface area contributed by atoms with E-state index in [1.165, 1.54) is 4.57 Å². The lowest BCUT2D eigenvalue weighted by molar-refractivity contribution is 0.207. The van der Waals surface area contributed by atoms with Gasteiger partial charge in [0.1, 0.15) is 0 Å². The van der Waals surface area contributed by atoms with Crippen molar-refractivity contribution in [2.45, 2.75) is 19.4 Å². The molecule has 1 fully saturated rings. The minimum Gasteiger partial charge on any atom is -0.408 e. The number of aromatic nitrogens is 1. The smallest absolute Gasteiger partial charge is 0.408 e. The van der Waals surface area contributed by atoms with Crippen LogP contribution in [-0.4, -0.2) is 22.8 Å². The van der Waals surface area contributed by atoms with Crippen LogP contribution in [0.15, 0.2) is 27.4 Å². The molecule has 102 valence electrons. The second-order valence-corrected chi connectivity index (χ2v) is 5.49. The Morgan fingerprint density at radius 1 is 1.47 bits per heavy atom. The fourth-order valence-corrected chi connectivity index (χ4v) is 2.33. The van der Waals surface area contributed by atoms with Crippen LogP contribution in [0.5, 0.6) is 0 Å². The molecular formula is C14H18N2O3. The molecule has 0 saturated heterocycles. The molecular weight excluding hydrogens is 244 g/mol. The topological polar surface area (TPSA) is 67.4 Å². The quantitative estimate of drug-likeness (QED) is 0.843. The van der Waals surface area contributed by atoms with Crippen molar-refractivity contribution in [1.82, 2.24) is 9.88 Å². The zero-order valence-electron chi connectivity index (χ0n) is 11.0. The molecule has 1 aliphatic carbocycles. The van der Waals surface area contributed by atoms with Gasteiger partial charge in [-0.15, -0.1) is 0 Å². The number of hydrogen-bond acceptors (Lipinski definition) is 4. The zero-order valence-corrected chi connectivity index (χ0v) is 11.0. The molecule has 0 unspecified atom stereocenters. The Labute approximate surface area is 110 Å². The van der Waals surface area contributed by atoms with E-state index < -0.39 is 0 Å². The largest absolute Gasteiger partial charge is 0.419 e. The van der Waals surface area contributed by atoms with Crippen LogP contribution in [0, 0.1) is 5.41 Å². The van der Waals surface area contributed by atoms with E-state index in [2.05, 4.69) is 5.32 Å². The van der Waals surface area contributed by atoms with Gasteiger partial charge in [0.05, 0.1) is 5.52 Å². The number of hydrogen-bond donors (Lipinski definition) is 2. The highest BCUT2D eigenvalue weighted by atomic mass is 16.4. The third-order valence-electron chi connectivity index (χ3n) is 3.98. The Bertz CT molecular complexity index is 652. The molecule has 5 heteroatoms. The van der Waals surface area contributed by atoms with Crippen molar-refractivity contribution in [3.05, 3.63) is 34.3 Å². The van der Waals surface area contributed by atoms with Crippen LogP contribution in [0.25, 0.3) is 11.1 Å². The minimum absolute atomic E-state index is 0.114. The maximum absolute atomic E-state index is 11.4. The highest BCUT2D eigenvalue weighted by Crippen LogP contribution is 2.44. The summed E-state index contributed by atoms with van der Waals surface area (Å²) in [6.45, 7) is 1.81. The highest BCUT2D eigenvalue weighted by Gasteiger charge is 2.41. The van der Waals surface area contributed by atoms with Crippen LogP contribution in [0.1, 0.15) is 18.4 Å². The van der Waals surface area contributed by atoms with Crippen LogP contribution in [0.2, 0.25) is 0 Å². The van der Waals surface area contributed by atoms with Gasteiger partial charge in [-0.2, -0.15) is 0 Å². The summed E-state index contributed by atoms with van der Waals surface area (Å²) in [6.07, 6.45) is 2.20. The number of rotatable bonds is 5. The number of nitrogens with zero attached hydrogens (tertiary/aromatic N) is 1. The first-order valence-electron chi connectivity index (χ1n) is 6.54. The summed E-state index contributed by atoms with van der Waals surface area (Å²) in [5, 5.41) is 12.6. The van der Waals surface area contributed by atoms with Crippen molar-refractivity contribution in [3.8, 4) is 0 Å². The molecule has 0 atom stereocenters. The number of aliphatic hydroxyl groups excluding tert-OH is 1. The highest BCUT2D eigenvalue weighted by molar-refractivity contribution is 5.73. The Kier molecular flexibility index (Phi) is 2.95. The van der Waals surface area contributed by atoms with Gasteiger partial charge in [-0.25, -0.2) is 4.79 Å². The Hall–Kier alpha value is -1.59. The molecule has 1 heterocycles. The standard InChI is InChI=1S/C14H18N2O3/c1-16-11-3-2-10(6-12(11)19-13(16)18)7-15-8-14(9-17)4-5-14/h2-3,6,15,17H,4-5,7-9H2,1H3. The van der Waals surface area contributed by atoms with Crippen molar-refractivity contribution < 1.29 is 9.52 Å². The predicted octanol–water partition coefficient (Wildman–Crippen LogP) is 0.994. The van der Waals surface area contributed by atoms with Crippen molar-refractivity contribution in [3.63, 3.8) is 0 Å². The first-order valence-corrected chi connectivity index (χ1v) is 6.54. The molecule has 1 aliphatic rings. The fourth-order valence-electron chi connectivity index (χ4n) is 2.33. The van der Waals surface area contributed by atoms with Gasteiger partial charge in [-0.1, -0.05) is 6.07 Å². The molecule has 2 aromatic rings. The number of aryl methyl sites for hydroxylation is 1. The molecule has 1 aromatic heterocycles. The predicted molar refractivity (Wildman–Crippen MR) is 71.9 cm³/mol. The lowest BCUT2D eigenvalue weighted by atomic mass is 10.1. The zero-order chi connectivity index (χ0) is 13.5. The molecule has 19 heavy (non-hydrogen) atoms. The number of oxazole rings is 1. The van der Waals surface area contributed by atoms with Gasteiger partial charge in [-0.05, 0) is 30.5 Å². The molecule has 2 N–H and O–H groups in total. The lowest BCUT2D eigenvalue weighted by Gasteiger charge is -2.12. The fraction of sp³-hybridized carbons (Fsp3) is 0.500. The van der Waals surface area contributed by atoms with Crippen LogP contribution in [0.3, 0.4) is 0 Å². The van der Waals surface area contributed by atoms with E-state index in [0.29, 0.717) is 5.58 Å². The number of fused-ring (bicyclic) bond motifs is 1. The molecule has 1 saturated carbocycles. The minimum atomic E-state index is -0.336. The summed E-state index contributed by atoms with van der Waals surface area (Å²) in [7, 11) is 1.70. The number of benzene rings is 1. The lowest BCUT2D eigenvalue weighted by Crippen LogP contribution is -2.26. The first kappa shape index (κ1) is 12.4. The van der Waals surface area contributed by atoms with E-state index in [-0.39, 0.29) is 17.8 Å². The summed E-state index contributed by atoms with van der Waals surface area (Å²) in [5.41, 5.74) is 2.62. The van der Waals surface area contributed by atoms with Gasteiger partial charge >= 0.3 is 5.76 Å². The third kappa shape index (κ3) is 2.31. The maximum atomic E-state index is 11.4. The van der Waals surface area contributed by atoms with Gasteiger partial charge in [0.25, 0.3) is 0 Å². The Morgan fingerprint density at radius 2 is 2.26 bits per heavy atom. The average Bonchev–Trinajstić information content (AvgIpc) is 3.13. The molecule has 0 bridgehead atoms. The van der Waals surface area contributed by atoms with E-state index in [1.807, 2.05) is 18.2 Å². The number of aliphatic hydroxyl groups is 1. The van der Waals surface area contributed by atoms with Crippen LogP contribution < -0.4 is 11.1 Å². The summed E-state index contributed by atoms with van der Waals surface area (Å²) in [6, 6.07) is 5.78. The molecule has 3 rings (SSSR count). The van der Waals surface area contributed by atoms with Gasteiger partial charge in [0.15, 0.2) is 5.58 Å². The molecule has 0 amide bonds. The second-order valence-electron chi connectivity index (χ2n) is 5.49. The van der Waals surface area contributed by atoms with E-state index >= 15 is 0 Å². The van der Waals surface area contributed by atoms with Gasteiger partial charge in [0, 0.05) is 32.2 Å². The monoisotopic (exact) mass is 262 g/mol. The molecule has 1 aromatic carbocycles. The molecule has 0 radical (unpaired) electrons. The van der Waals surface area contributed by atoms with Gasteiger partial charge in [0.2, 0.25) is 0 Å². The van der Waals surface area contributed by atoms with E-state index in [1.54, 1.807) is 7.05 Å². The molecule has 5 nitrogen and oxygen atoms in total. The maximum Gasteiger partial charge on any atom is 0.419 e. The molecule has 0 spiro atoms. The van der Waals surface area contributed by atoms with E-state index in [4.69, 9.17) is 4.42 Å². The van der Waals surface area contributed by atoms with Crippen molar-refractivity contribution in [2.75, 3.05) is 13.2 Å². The first-order chi connectivity index (χ1) is 9.13. The Morgan fingerprint density at radius 3 is 2.95 bits per heavy atom. The number of nitrogens with one attached hydrogen (secondary N) is 1. The van der Waals surface area contributed by atoms with Crippen molar-refractivity contribution in [1.29, 1.82) is 0 Å². The van der Waals surface area contributed by atoms with E-state index in [9.17, 15) is 9.90 Å². The SMILES string of the molecule is Cn1c(=O)oc2cc(CNCC3(CO)CC3)ccc21. The average molecular weight is 262 g/mol. The van der Waals surface area contributed by atoms with Gasteiger partial charge in [-0.3, -0.25) is 4.57 Å². The van der Waals surface area contributed by atoms with E-state index in [0.717, 1.165) is 37.0 Å². The van der Waals surface area contributed by atoms with Crippen molar-refractivity contribution in [2.24, 2.45) is 12.5 Å².